The predicted molar refractivity (Wildman–Crippen MR) is 116 cm³/mol. The number of likely N-dealkylation sites (N-methyl/N-ethyl adjacent to an activating group) is 1. The van der Waals surface area contributed by atoms with Crippen LogP contribution in [0.1, 0.15) is 0 Å². The van der Waals surface area contributed by atoms with Crippen LogP contribution in [0.4, 0.5) is 14.6 Å². The third-order valence-electron chi connectivity index (χ3n) is 4.53. The molecule has 0 aliphatic rings. The molecule has 0 aliphatic heterocycles. The topological polar surface area (TPSA) is 96.0 Å². The summed E-state index contributed by atoms with van der Waals surface area (Å²) in [7, 11) is 3.25. The lowest BCUT2D eigenvalue weighted by Gasteiger charge is -2.13. The molecule has 8 nitrogen and oxygen atoms in total. The molecule has 0 bridgehead atoms. The number of halogens is 3. The van der Waals surface area contributed by atoms with Gasteiger partial charge in [-0.3, -0.25) is 9.89 Å². The summed E-state index contributed by atoms with van der Waals surface area (Å²) in [5, 5.41) is 11.0. The number of fused-ring (bicyclic) bond motifs is 1. The largest absolute Gasteiger partial charge is 0.421 e. The Bertz CT molecular complexity index is 1310. The molecule has 0 saturated heterocycles. The van der Waals surface area contributed by atoms with E-state index in [1.165, 1.54) is 4.90 Å². The second kappa shape index (κ2) is 8.75. The standard InChI is InChI=1S/C21H17ClF2N6O2/c1-30(2)16(31)10-25-19-17-18(12-5-3-4-6-13(12)22)28-29-20(17)27-21(26-19)32-15-8-7-11(23)9-14(15)24/h3-9H,10H2,1-2H3,(H2,25,26,27,28,29). The molecular weight excluding hydrogens is 442 g/mol. The highest BCUT2D eigenvalue weighted by Gasteiger charge is 2.20. The van der Waals surface area contributed by atoms with E-state index in [-0.39, 0.29) is 35.7 Å². The van der Waals surface area contributed by atoms with Gasteiger partial charge in [0.05, 0.1) is 17.0 Å². The first-order valence-corrected chi connectivity index (χ1v) is 9.79. The van der Waals surface area contributed by atoms with Crippen molar-refractivity contribution in [2.75, 3.05) is 26.0 Å². The molecule has 164 valence electrons. The normalized spacial score (nSPS) is 10.9. The summed E-state index contributed by atoms with van der Waals surface area (Å²) in [5.74, 6) is -1.88. The lowest BCUT2D eigenvalue weighted by atomic mass is 10.1. The number of benzene rings is 2. The van der Waals surface area contributed by atoms with E-state index >= 15 is 0 Å². The van der Waals surface area contributed by atoms with Crippen LogP contribution >= 0.6 is 11.6 Å². The molecule has 4 rings (SSSR count). The molecule has 4 aromatic rings. The zero-order chi connectivity index (χ0) is 22.8. The highest BCUT2D eigenvalue weighted by atomic mass is 35.5. The Morgan fingerprint density at radius 1 is 1.19 bits per heavy atom. The number of rotatable bonds is 6. The van der Waals surface area contributed by atoms with Gasteiger partial charge in [0.15, 0.2) is 17.2 Å². The number of nitrogens with zero attached hydrogens (tertiary/aromatic N) is 4. The molecule has 32 heavy (non-hydrogen) atoms. The van der Waals surface area contributed by atoms with Crippen molar-refractivity contribution in [3.05, 3.63) is 59.1 Å². The summed E-state index contributed by atoms with van der Waals surface area (Å²) in [6, 6.07) is 9.74. The summed E-state index contributed by atoms with van der Waals surface area (Å²) in [4.78, 5) is 22.1. The molecule has 1 amide bonds. The van der Waals surface area contributed by atoms with E-state index in [0.717, 1.165) is 12.1 Å². The Morgan fingerprint density at radius 3 is 2.69 bits per heavy atom. The lowest BCUT2D eigenvalue weighted by molar-refractivity contribution is -0.126. The van der Waals surface area contributed by atoms with Gasteiger partial charge in [0.1, 0.15) is 17.3 Å². The highest BCUT2D eigenvalue weighted by Crippen LogP contribution is 2.35. The van der Waals surface area contributed by atoms with Gasteiger partial charge in [-0.25, -0.2) is 8.78 Å². The van der Waals surface area contributed by atoms with Crippen LogP contribution in [0.25, 0.3) is 22.3 Å². The number of nitrogens with one attached hydrogen (secondary N) is 2. The molecule has 0 saturated carbocycles. The van der Waals surface area contributed by atoms with Gasteiger partial charge >= 0.3 is 6.01 Å². The van der Waals surface area contributed by atoms with Crippen LogP contribution in [-0.2, 0) is 4.79 Å². The van der Waals surface area contributed by atoms with Crippen LogP contribution in [0.3, 0.4) is 0 Å². The van der Waals surface area contributed by atoms with E-state index in [4.69, 9.17) is 16.3 Å². The molecule has 0 fully saturated rings. The van der Waals surface area contributed by atoms with Gasteiger partial charge in [-0.1, -0.05) is 29.8 Å². The number of hydrogen-bond donors (Lipinski definition) is 2. The first kappa shape index (κ1) is 21.4. The van der Waals surface area contributed by atoms with E-state index in [2.05, 4.69) is 25.5 Å². The summed E-state index contributed by atoms with van der Waals surface area (Å²) in [5.41, 5.74) is 1.36. The second-order valence-corrected chi connectivity index (χ2v) is 7.36. The number of anilines is 1. The van der Waals surface area contributed by atoms with Crippen molar-refractivity contribution in [3.8, 4) is 23.0 Å². The minimum Gasteiger partial charge on any atom is -0.421 e. The molecule has 11 heteroatoms. The van der Waals surface area contributed by atoms with Gasteiger partial charge in [-0.05, 0) is 18.2 Å². The molecule has 2 heterocycles. The minimum absolute atomic E-state index is 0.0728. The number of carbonyl (C=O) groups excluding carboxylic acids is 1. The van der Waals surface area contributed by atoms with Gasteiger partial charge in [0.2, 0.25) is 5.91 Å². The van der Waals surface area contributed by atoms with E-state index in [9.17, 15) is 13.6 Å². The summed E-state index contributed by atoms with van der Waals surface area (Å²) in [6.07, 6.45) is 0. The Balaban J connectivity index is 1.80. The number of aromatic amines is 1. The van der Waals surface area contributed by atoms with Crippen molar-refractivity contribution in [1.82, 2.24) is 25.1 Å². The van der Waals surface area contributed by atoms with Crippen LogP contribution in [0, 0.1) is 11.6 Å². The molecular formula is C21H17ClF2N6O2. The smallest absolute Gasteiger partial charge is 0.326 e. The van der Waals surface area contributed by atoms with E-state index in [1.807, 2.05) is 0 Å². The zero-order valence-electron chi connectivity index (χ0n) is 17.0. The molecule has 2 aromatic heterocycles. The van der Waals surface area contributed by atoms with Crippen LogP contribution in [-0.4, -0.2) is 51.6 Å². The maximum atomic E-state index is 14.0. The Labute approximate surface area is 186 Å². The predicted octanol–water partition coefficient (Wildman–Crippen LogP) is 4.24. The third kappa shape index (κ3) is 4.30. The number of hydrogen-bond acceptors (Lipinski definition) is 6. The van der Waals surface area contributed by atoms with Gasteiger partial charge in [-0.2, -0.15) is 15.1 Å². The maximum Gasteiger partial charge on any atom is 0.326 e. The average molecular weight is 459 g/mol. The fourth-order valence-electron chi connectivity index (χ4n) is 2.91. The lowest BCUT2D eigenvalue weighted by Crippen LogP contribution is -2.28. The summed E-state index contributed by atoms with van der Waals surface area (Å²) >= 11 is 6.33. The van der Waals surface area contributed by atoms with E-state index in [1.54, 1.807) is 38.4 Å². The number of carbonyl (C=O) groups is 1. The van der Waals surface area contributed by atoms with Gasteiger partial charge in [0.25, 0.3) is 0 Å². The monoisotopic (exact) mass is 458 g/mol. The molecule has 0 spiro atoms. The van der Waals surface area contributed by atoms with Crippen LogP contribution < -0.4 is 10.1 Å². The Hall–Kier alpha value is -3.79. The van der Waals surface area contributed by atoms with E-state index < -0.39 is 11.6 Å². The number of ether oxygens (including phenoxy) is 1. The number of amides is 1. The first-order chi connectivity index (χ1) is 15.3. The van der Waals surface area contributed by atoms with E-state index in [0.29, 0.717) is 27.7 Å². The maximum absolute atomic E-state index is 14.0. The Kier molecular flexibility index (Phi) is 5.87. The van der Waals surface area contributed by atoms with Crippen molar-refractivity contribution < 1.29 is 18.3 Å². The van der Waals surface area contributed by atoms with Gasteiger partial charge in [0, 0.05) is 25.7 Å². The van der Waals surface area contributed by atoms with Crippen LogP contribution in [0.15, 0.2) is 42.5 Å². The first-order valence-electron chi connectivity index (χ1n) is 9.41. The second-order valence-electron chi connectivity index (χ2n) is 6.95. The van der Waals surface area contributed by atoms with Crippen LogP contribution in [0.2, 0.25) is 5.02 Å². The van der Waals surface area contributed by atoms with Crippen molar-refractivity contribution in [2.45, 2.75) is 0 Å². The average Bonchev–Trinajstić information content (AvgIpc) is 3.18. The Morgan fingerprint density at radius 2 is 1.97 bits per heavy atom. The van der Waals surface area contributed by atoms with Gasteiger partial charge in [-0.15, -0.1) is 0 Å². The molecule has 2 N–H and O–H groups in total. The van der Waals surface area contributed by atoms with Crippen molar-refractivity contribution in [1.29, 1.82) is 0 Å². The van der Waals surface area contributed by atoms with Crippen molar-refractivity contribution in [2.24, 2.45) is 0 Å². The quantitative estimate of drug-likeness (QED) is 0.448. The number of H-pyrrole nitrogens is 1. The molecule has 2 aromatic carbocycles. The molecule has 0 aliphatic carbocycles. The van der Waals surface area contributed by atoms with Gasteiger partial charge < -0.3 is 15.0 Å². The third-order valence-corrected chi connectivity index (χ3v) is 4.86. The zero-order valence-corrected chi connectivity index (χ0v) is 17.7. The van der Waals surface area contributed by atoms with Crippen LogP contribution in [0.5, 0.6) is 11.8 Å². The SMILES string of the molecule is CN(C)C(=O)CNc1nc(Oc2ccc(F)cc2F)nc2[nH]nc(-c3ccccc3Cl)c12. The molecule has 0 radical (unpaired) electrons. The molecule has 0 atom stereocenters. The summed E-state index contributed by atoms with van der Waals surface area (Å²) < 4.78 is 32.7. The summed E-state index contributed by atoms with van der Waals surface area (Å²) in [6.45, 7) is -0.0728. The fourth-order valence-corrected chi connectivity index (χ4v) is 3.13. The van der Waals surface area contributed by atoms with Crippen molar-refractivity contribution >= 4 is 34.4 Å². The number of aromatic nitrogens is 4. The van der Waals surface area contributed by atoms with Crippen molar-refractivity contribution in [3.63, 3.8) is 0 Å². The minimum atomic E-state index is -0.910. The highest BCUT2D eigenvalue weighted by molar-refractivity contribution is 6.33. The fraction of sp³-hybridized carbons (Fsp3) is 0.143. The molecule has 0 unspecified atom stereocenters.